The summed E-state index contributed by atoms with van der Waals surface area (Å²) < 4.78 is 10.3. The average molecular weight is 363 g/mol. The Bertz CT molecular complexity index is 864. The van der Waals surface area contributed by atoms with Crippen LogP contribution in [-0.4, -0.2) is 11.2 Å². The number of rotatable bonds is 4. The molecule has 0 radical (unpaired) electrons. The van der Waals surface area contributed by atoms with E-state index in [-0.39, 0.29) is 6.61 Å². The second kappa shape index (κ2) is 7.38. The van der Waals surface area contributed by atoms with Gasteiger partial charge in [0.25, 0.3) is 0 Å². The molecule has 1 aromatic heterocycles. The van der Waals surface area contributed by atoms with Crippen LogP contribution in [0.15, 0.2) is 59.1 Å². The normalized spacial score (nSPS) is 10.4. The van der Waals surface area contributed by atoms with E-state index in [1.165, 1.54) is 0 Å². The highest BCUT2D eigenvalue weighted by atomic mass is 35.5. The van der Waals surface area contributed by atoms with Crippen LogP contribution in [0.5, 0.6) is 0 Å². The van der Waals surface area contributed by atoms with Gasteiger partial charge in [-0.05, 0) is 30.3 Å². The minimum atomic E-state index is -0.612. The minimum Gasteiger partial charge on any atom is -0.443 e. The van der Waals surface area contributed by atoms with E-state index >= 15 is 0 Å². The monoisotopic (exact) mass is 362 g/mol. The number of hydrogen-bond acceptors (Lipinski definition) is 4. The van der Waals surface area contributed by atoms with E-state index < -0.39 is 6.09 Å². The molecule has 0 bridgehead atoms. The number of hydrogen-bond donors (Lipinski definition) is 1. The summed E-state index contributed by atoms with van der Waals surface area (Å²) in [5.41, 5.74) is 1.75. The van der Waals surface area contributed by atoms with Gasteiger partial charge >= 0.3 is 6.09 Å². The lowest BCUT2D eigenvalue weighted by molar-refractivity contribution is 0.152. The second-order valence-electron chi connectivity index (χ2n) is 4.87. The van der Waals surface area contributed by atoms with Crippen LogP contribution in [0.1, 0.15) is 5.69 Å². The SMILES string of the molecule is O=C(Nc1cccc(Cl)c1)OCc1cc(-c2ccccc2Cl)on1. The molecule has 3 rings (SSSR count). The molecule has 1 heterocycles. The van der Waals surface area contributed by atoms with Crippen molar-refractivity contribution in [2.45, 2.75) is 6.61 Å². The molecule has 1 amide bonds. The third-order valence-corrected chi connectivity index (χ3v) is 3.69. The van der Waals surface area contributed by atoms with Crippen LogP contribution >= 0.6 is 23.2 Å². The first-order valence-corrected chi connectivity index (χ1v) is 7.77. The number of benzene rings is 2. The lowest BCUT2D eigenvalue weighted by atomic mass is 10.1. The number of carbonyl (C=O) groups is 1. The zero-order valence-corrected chi connectivity index (χ0v) is 13.8. The number of carbonyl (C=O) groups excluding carboxylic acids is 1. The molecule has 7 heteroatoms. The van der Waals surface area contributed by atoms with Crippen LogP contribution in [0.2, 0.25) is 10.0 Å². The molecule has 0 aliphatic heterocycles. The maximum Gasteiger partial charge on any atom is 0.412 e. The molecule has 0 atom stereocenters. The van der Waals surface area contributed by atoms with Gasteiger partial charge in [-0.15, -0.1) is 0 Å². The van der Waals surface area contributed by atoms with Crippen molar-refractivity contribution >= 4 is 35.0 Å². The molecule has 0 saturated carbocycles. The third kappa shape index (κ3) is 4.07. The number of halogens is 2. The standard InChI is InChI=1S/C17H12Cl2N2O3/c18-11-4-3-5-12(8-11)20-17(22)23-10-13-9-16(24-21-13)14-6-1-2-7-15(14)19/h1-9H,10H2,(H,20,22). The minimum absolute atomic E-state index is 0.0274. The Kier molecular flexibility index (Phi) is 5.03. The van der Waals surface area contributed by atoms with Gasteiger partial charge in [-0.3, -0.25) is 5.32 Å². The van der Waals surface area contributed by atoms with Crippen LogP contribution in [0.3, 0.4) is 0 Å². The Morgan fingerprint density at radius 3 is 2.75 bits per heavy atom. The molecule has 0 saturated heterocycles. The molecular formula is C17H12Cl2N2O3. The zero-order chi connectivity index (χ0) is 16.9. The molecule has 24 heavy (non-hydrogen) atoms. The summed E-state index contributed by atoms with van der Waals surface area (Å²) in [4.78, 5) is 11.8. The molecular weight excluding hydrogens is 351 g/mol. The number of nitrogens with zero attached hydrogens (tertiary/aromatic N) is 1. The fraction of sp³-hybridized carbons (Fsp3) is 0.0588. The lowest BCUT2D eigenvalue weighted by Gasteiger charge is -2.05. The summed E-state index contributed by atoms with van der Waals surface area (Å²) in [7, 11) is 0. The van der Waals surface area contributed by atoms with Gasteiger partial charge < -0.3 is 9.26 Å². The Balaban J connectivity index is 1.59. The van der Waals surface area contributed by atoms with Crippen LogP contribution in [0, 0.1) is 0 Å². The van der Waals surface area contributed by atoms with Gasteiger partial charge in [0.1, 0.15) is 12.3 Å². The predicted molar refractivity (Wildman–Crippen MR) is 92.2 cm³/mol. The Morgan fingerprint density at radius 2 is 1.96 bits per heavy atom. The van der Waals surface area contributed by atoms with E-state index in [2.05, 4.69) is 10.5 Å². The zero-order valence-electron chi connectivity index (χ0n) is 12.3. The fourth-order valence-electron chi connectivity index (χ4n) is 2.03. The van der Waals surface area contributed by atoms with Gasteiger partial charge in [0.05, 0.1) is 5.02 Å². The quantitative estimate of drug-likeness (QED) is 0.674. The van der Waals surface area contributed by atoms with Crippen LogP contribution < -0.4 is 5.32 Å². The maximum absolute atomic E-state index is 11.8. The van der Waals surface area contributed by atoms with E-state index in [0.717, 1.165) is 5.56 Å². The van der Waals surface area contributed by atoms with Crippen molar-refractivity contribution in [1.29, 1.82) is 0 Å². The van der Waals surface area contributed by atoms with E-state index in [9.17, 15) is 4.79 Å². The molecule has 0 fully saturated rings. The Hall–Kier alpha value is -2.50. The average Bonchev–Trinajstić information content (AvgIpc) is 3.02. The number of nitrogens with one attached hydrogen (secondary N) is 1. The van der Waals surface area contributed by atoms with E-state index in [1.54, 1.807) is 36.4 Å². The molecule has 5 nitrogen and oxygen atoms in total. The summed E-state index contributed by atoms with van der Waals surface area (Å²) in [5, 5.41) is 7.52. The Labute approximate surface area is 148 Å². The lowest BCUT2D eigenvalue weighted by Crippen LogP contribution is -2.13. The van der Waals surface area contributed by atoms with E-state index in [1.807, 2.05) is 18.2 Å². The summed E-state index contributed by atoms with van der Waals surface area (Å²) in [6.07, 6.45) is -0.612. The molecule has 2 aromatic carbocycles. The van der Waals surface area contributed by atoms with Crippen molar-refractivity contribution < 1.29 is 14.1 Å². The number of amides is 1. The van der Waals surface area contributed by atoms with Crippen molar-refractivity contribution in [3.63, 3.8) is 0 Å². The smallest absolute Gasteiger partial charge is 0.412 e. The van der Waals surface area contributed by atoms with Crippen molar-refractivity contribution in [3.05, 3.63) is 70.3 Å². The third-order valence-electron chi connectivity index (χ3n) is 3.12. The molecule has 0 aliphatic carbocycles. The Morgan fingerprint density at radius 1 is 1.12 bits per heavy atom. The van der Waals surface area contributed by atoms with Crippen molar-refractivity contribution in [2.75, 3.05) is 5.32 Å². The molecule has 3 aromatic rings. The van der Waals surface area contributed by atoms with Crippen molar-refractivity contribution in [3.8, 4) is 11.3 Å². The number of ether oxygens (including phenoxy) is 1. The van der Waals surface area contributed by atoms with Gasteiger partial charge in [0, 0.05) is 22.3 Å². The van der Waals surface area contributed by atoms with Gasteiger partial charge in [0.2, 0.25) is 0 Å². The van der Waals surface area contributed by atoms with E-state index in [4.69, 9.17) is 32.5 Å². The summed E-state index contributed by atoms with van der Waals surface area (Å²) in [6, 6.07) is 15.7. The molecule has 1 N–H and O–H groups in total. The second-order valence-corrected chi connectivity index (χ2v) is 5.72. The first-order valence-electron chi connectivity index (χ1n) is 7.01. The molecule has 0 unspecified atom stereocenters. The van der Waals surface area contributed by atoms with Gasteiger partial charge in [-0.25, -0.2) is 4.79 Å². The summed E-state index contributed by atoms with van der Waals surface area (Å²) in [5.74, 6) is 0.509. The van der Waals surface area contributed by atoms with Crippen molar-refractivity contribution in [2.24, 2.45) is 0 Å². The van der Waals surface area contributed by atoms with Crippen LogP contribution in [-0.2, 0) is 11.3 Å². The molecule has 0 spiro atoms. The topological polar surface area (TPSA) is 64.4 Å². The maximum atomic E-state index is 11.8. The highest BCUT2D eigenvalue weighted by Crippen LogP contribution is 2.28. The van der Waals surface area contributed by atoms with Crippen molar-refractivity contribution in [1.82, 2.24) is 5.16 Å². The van der Waals surface area contributed by atoms with Gasteiger partial charge in [-0.2, -0.15) is 0 Å². The highest BCUT2D eigenvalue weighted by molar-refractivity contribution is 6.33. The number of aromatic nitrogens is 1. The van der Waals surface area contributed by atoms with E-state index in [0.29, 0.717) is 27.2 Å². The first-order chi connectivity index (χ1) is 11.6. The van der Waals surface area contributed by atoms with Gasteiger partial charge in [0.15, 0.2) is 5.76 Å². The molecule has 122 valence electrons. The fourth-order valence-corrected chi connectivity index (χ4v) is 2.45. The highest BCUT2D eigenvalue weighted by Gasteiger charge is 2.11. The summed E-state index contributed by atoms with van der Waals surface area (Å²) >= 11 is 12.0. The summed E-state index contributed by atoms with van der Waals surface area (Å²) in [6.45, 7) is -0.0274. The largest absolute Gasteiger partial charge is 0.443 e. The van der Waals surface area contributed by atoms with Crippen LogP contribution in [0.4, 0.5) is 10.5 Å². The van der Waals surface area contributed by atoms with Crippen LogP contribution in [0.25, 0.3) is 11.3 Å². The predicted octanol–water partition coefficient (Wildman–Crippen LogP) is 5.40. The molecule has 0 aliphatic rings. The first kappa shape index (κ1) is 16.4. The van der Waals surface area contributed by atoms with Gasteiger partial charge in [-0.1, -0.05) is 46.6 Å². The number of anilines is 1.